The number of hydrogen-bond donors (Lipinski definition) is 1. The Bertz CT molecular complexity index is 1090. The van der Waals surface area contributed by atoms with Crippen LogP contribution in [0.5, 0.6) is 5.75 Å². The van der Waals surface area contributed by atoms with Gasteiger partial charge in [-0.1, -0.05) is 65.8 Å². The van der Waals surface area contributed by atoms with Gasteiger partial charge < -0.3 is 14.7 Å². The van der Waals surface area contributed by atoms with Gasteiger partial charge in [0.1, 0.15) is 11.5 Å². The number of aliphatic hydroxyl groups excluding tert-OH is 1. The highest BCUT2D eigenvalue weighted by molar-refractivity contribution is 6.46. The summed E-state index contributed by atoms with van der Waals surface area (Å²) in [6.45, 7) is 15.5. The molecule has 5 heteroatoms. The zero-order chi connectivity index (χ0) is 25.2. The number of amides is 1. The molecule has 1 aliphatic heterocycles. The molecule has 1 N–H and O–H groups in total. The van der Waals surface area contributed by atoms with E-state index in [1.807, 2.05) is 44.2 Å². The molecule has 1 heterocycles. The quantitative estimate of drug-likeness (QED) is 0.303. The lowest BCUT2D eigenvalue weighted by Gasteiger charge is -2.26. The van der Waals surface area contributed by atoms with Crippen molar-refractivity contribution in [3.63, 3.8) is 0 Å². The Kier molecular flexibility index (Phi) is 7.54. The number of nitrogens with zero attached hydrogens (tertiary/aromatic N) is 1. The predicted octanol–water partition coefficient (Wildman–Crippen LogP) is 6.16. The molecule has 0 aromatic heterocycles. The Morgan fingerprint density at radius 3 is 2.26 bits per heavy atom. The van der Waals surface area contributed by atoms with Gasteiger partial charge in [0.2, 0.25) is 0 Å². The van der Waals surface area contributed by atoms with Gasteiger partial charge >= 0.3 is 0 Å². The third-order valence-electron chi connectivity index (χ3n) is 6.12. The summed E-state index contributed by atoms with van der Waals surface area (Å²) in [5.74, 6) is -0.228. The van der Waals surface area contributed by atoms with Gasteiger partial charge in [-0.2, -0.15) is 0 Å². The molecule has 0 spiro atoms. The van der Waals surface area contributed by atoms with Crippen LogP contribution in [0.15, 0.2) is 48.0 Å². The number of hydrogen-bond acceptors (Lipinski definition) is 4. The molecule has 34 heavy (non-hydrogen) atoms. The van der Waals surface area contributed by atoms with E-state index in [1.165, 1.54) is 0 Å². The number of carbonyl (C=O) groups excluding carboxylic acids is 2. The van der Waals surface area contributed by atoms with E-state index in [4.69, 9.17) is 4.74 Å². The topological polar surface area (TPSA) is 66.8 Å². The van der Waals surface area contributed by atoms with Crippen LogP contribution in [0.1, 0.15) is 76.3 Å². The number of carbonyl (C=O) groups is 2. The van der Waals surface area contributed by atoms with Crippen LogP contribution >= 0.6 is 0 Å². The Morgan fingerprint density at radius 1 is 1.09 bits per heavy atom. The zero-order valence-electron chi connectivity index (χ0n) is 21.4. The van der Waals surface area contributed by atoms with Gasteiger partial charge in [0.05, 0.1) is 18.2 Å². The van der Waals surface area contributed by atoms with Crippen molar-refractivity contribution >= 4 is 17.4 Å². The smallest absolute Gasteiger partial charge is 0.295 e. The highest BCUT2D eigenvalue weighted by Gasteiger charge is 2.45. The second-order valence-electron chi connectivity index (χ2n) is 10.5. The zero-order valence-corrected chi connectivity index (χ0v) is 21.4. The minimum Gasteiger partial charge on any atom is -0.507 e. The van der Waals surface area contributed by atoms with Crippen LogP contribution in [-0.4, -0.2) is 34.8 Å². The molecule has 3 rings (SSSR count). The average molecular weight is 464 g/mol. The number of benzene rings is 2. The molecule has 0 aliphatic carbocycles. The molecule has 1 atom stereocenters. The number of ketones is 1. The van der Waals surface area contributed by atoms with Crippen LogP contribution in [-0.2, 0) is 15.0 Å². The minimum atomic E-state index is -0.645. The number of aryl methyl sites for hydroxylation is 1. The summed E-state index contributed by atoms with van der Waals surface area (Å²) < 4.78 is 5.85. The third-order valence-corrected chi connectivity index (χ3v) is 6.12. The largest absolute Gasteiger partial charge is 0.507 e. The Labute approximate surface area is 203 Å². The van der Waals surface area contributed by atoms with Gasteiger partial charge in [-0.25, -0.2) is 0 Å². The van der Waals surface area contributed by atoms with Crippen molar-refractivity contribution in [3.05, 3.63) is 70.3 Å². The summed E-state index contributed by atoms with van der Waals surface area (Å²) in [7, 11) is 0. The van der Waals surface area contributed by atoms with Gasteiger partial charge in [0.15, 0.2) is 0 Å². The van der Waals surface area contributed by atoms with Crippen molar-refractivity contribution in [2.75, 3.05) is 13.2 Å². The standard InChI is InChI=1S/C29H37NO4/c1-8-15-30-25(20-9-12-22(13-10-20)29(5,6)7)24(27(32)28(30)33)26(31)21-11-14-23(19(4)16-21)34-17-18(2)3/h9-14,16,18,25,31H,8,15,17H2,1-7H3/b26-24-. The molecule has 2 aromatic rings. The first-order valence-electron chi connectivity index (χ1n) is 12.1. The lowest BCUT2D eigenvalue weighted by atomic mass is 9.85. The van der Waals surface area contributed by atoms with Crippen LogP contribution in [0.25, 0.3) is 5.76 Å². The Hall–Kier alpha value is -3.08. The van der Waals surface area contributed by atoms with Crippen molar-refractivity contribution in [1.82, 2.24) is 4.90 Å². The van der Waals surface area contributed by atoms with Gasteiger partial charge in [-0.05, 0) is 59.6 Å². The van der Waals surface area contributed by atoms with Gasteiger partial charge in [0.25, 0.3) is 11.7 Å². The summed E-state index contributed by atoms with van der Waals surface area (Å²) in [6.07, 6.45) is 0.713. The number of Topliss-reactive ketones (excluding diaryl/α,β-unsaturated/α-hetero) is 1. The molecule has 1 saturated heterocycles. The van der Waals surface area contributed by atoms with E-state index in [2.05, 4.69) is 34.6 Å². The van der Waals surface area contributed by atoms with E-state index in [9.17, 15) is 14.7 Å². The molecule has 5 nitrogen and oxygen atoms in total. The normalized spacial score (nSPS) is 18.1. The number of rotatable bonds is 7. The third kappa shape index (κ3) is 5.19. The maximum atomic E-state index is 13.1. The molecular formula is C29H37NO4. The van der Waals surface area contributed by atoms with E-state index >= 15 is 0 Å². The molecule has 1 fully saturated rings. The molecule has 182 valence electrons. The number of ether oxygens (including phenoxy) is 1. The fourth-order valence-corrected chi connectivity index (χ4v) is 4.23. The van der Waals surface area contributed by atoms with Gasteiger partial charge in [-0.3, -0.25) is 9.59 Å². The summed E-state index contributed by atoms with van der Waals surface area (Å²) in [4.78, 5) is 27.6. The predicted molar refractivity (Wildman–Crippen MR) is 136 cm³/mol. The van der Waals surface area contributed by atoms with Crippen LogP contribution in [0.4, 0.5) is 0 Å². The second-order valence-corrected chi connectivity index (χ2v) is 10.5. The van der Waals surface area contributed by atoms with Crippen molar-refractivity contribution in [3.8, 4) is 5.75 Å². The number of aliphatic hydroxyl groups is 1. The Balaban J connectivity index is 2.08. The second kappa shape index (κ2) is 10.0. The van der Waals surface area contributed by atoms with Gasteiger partial charge in [0, 0.05) is 12.1 Å². The first-order chi connectivity index (χ1) is 16.0. The first-order valence-corrected chi connectivity index (χ1v) is 12.1. The lowest BCUT2D eigenvalue weighted by molar-refractivity contribution is -0.139. The molecule has 0 bridgehead atoms. The van der Waals surface area contributed by atoms with Crippen molar-refractivity contribution < 1.29 is 19.4 Å². The lowest BCUT2D eigenvalue weighted by Crippen LogP contribution is -2.30. The molecule has 1 unspecified atom stereocenters. The van der Waals surface area contributed by atoms with Crippen LogP contribution < -0.4 is 4.74 Å². The Morgan fingerprint density at radius 2 is 1.74 bits per heavy atom. The van der Waals surface area contributed by atoms with Gasteiger partial charge in [-0.15, -0.1) is 0 Å². The van der Waals surface area contributed by atoms with E-state index in [0.29, 0.717) is 31.1 Å². The highest BCUT2D eigenvalue weighted by atomic mass is 16.5. The van der Waals surface area contributed by atoms with E-state index in [-0.39, 0.29) is 16.7 Å². The molecule has 0 radical (unpaired) electrons. The monoisotopic (exact) mass is 463 g/mol. The summed E-state index contributed by atoms with van der Waals surface area (Å²) in [5, 5.41) is 11.3. The summed E-state index contributed by atoms with van der Waals surface area (Å²) in [6, 6.07) is 12.7. The van der Waals surface area contributed by atoms with Crippen LogP contribution in [0.2, 0.25) is 0 Å². The van der Waals surface area contributed by atoms with Crippen molar-refractivity contribution in [1.29, 1.82) is 0 Å². The molecular weight excluding hydrogens is 426 g/mol. The van der Waals surface area contributed by atoms with Crippen LogP contribution in [0, 0.1) is 12.8 Å². The molecule has 2 aromatic carbocycles. The van der Waals surface area contributed by atoms with E-state index < -0.39 is 17.7 Å². The van der Waals surface area contributed by atoms with Crippen LogP contribution in [0.3, 0.4) is 0 Å². The maximum absolute atomic E-state index is 13.1. The SMILES string of the molecule is CCCN1C(=O)C(=O)/C(=C(\O)c2ccc(OCC(C)C)c(C)c2)C1c1ccc(C(C)(C)C)cc1. The first kappa shape index (κ1) is 25.5. The van der Waals surface area contributed by atoms with E-state index in [1.54, 1.807) is 17.0 Å². The highest BCUT2D eigenvalue weighted by Crippen LogP contribution is 2.40. The maximum Gasteiger partial charge on any atom is 0.295 e. The summed E-state index contributed by atoms with van der Waals surface area (Å²) in [5.41, 5.74) is 3.46. The average Bonchev–Trinajstić information content (AvgIpc) is 3.02. The fraction of sp³-hybridized carbons (Fsp3) is 0.448. The van der Waals surface area contributed by atoms with E-state index in [0.717, 1.165) is 22.4 Å². The number of likely N-dealkylation sites (tertiary alicyclic amines) is 1. The molecule has 1 aliphatic rings. The fourth-order valence-electron chi connectivity index (χ4n) is 4.23. The van der Waals surface area contributed by atoms with Crippen molar-refractivity contribution in [2.24, 2.45) is 5.92 Å². The summed E-state index contributed by atoms with van der Waals surface area (Å²) >= 11 is 0. The molecule has 1 amide bonds. The minimum absolute atomic E-state index is 0.0132. The van der Waals surface area contributed by atoms with Crippen molar-refractivity contribution in [2.45, 2.75) is 66.3 Å². The molecule has 0 saturated carbocycles.